The summed E-state index contributed by atoms with van der Waals surface area (Å²) in [4.78, 5) is 11.8. The molecular weight excluding hydrogens is 204 g/mol. The van der Waals surface area contributed by atoms with Gasteiger partial charge >= 0.3 is 0 Å². The van der Waals surface area contributed by atoms with Crippen LogP contribution < -0.4 is 11.1 Å². The molecule has 1 saturated heterocycles. The summed E-state index contributed by atoms with van der Waals surface area (Å²) < 4.78 is 5.29. The number of unbranched alkanes of at least 4 members (excludes halogenated alkanes) is 1. The second-order valence-corrected chi connectivity index (χ2v) is 4.91. The molecule has 1 amide bonds. The average molecular weight is 228 g/mol. The van der Waals surface area contributed by atoms with Crippen molar-refractivity contribution in [1.29, 1.82) is 0 Å². The summed E-state index contributed by atoms with van der Waals surface area (Å²) in [6.07, 6.45) is 4.61. The van der Waals surface area contributed by atoms with Gasteiger partial charge in [-0.1, -0.05) is 19.8 Å². The predicted octanol–water partition coefficient (Wildman–Crippen LogP) is 1.19. The van der Waals surface area contributed by atoms with Gasteiger partial charge in [0.1, 0.15) is 0 Å². The van der Waals surface area contributed by atoms with Crippen LogP contribution >= 0.6 is 0 Å². The lowest BCUT2D eigenvalue weighted by Gasteiger charge is -2.35. The molecule has 4 nitrogen and oxygen atoms in total. The van der Waals surface area contributed by atoms with Crippen molar-refractivity contribution in [2.24, 2.45) is 5.73 Å². The van der Waals surface area contributed by atoms with Gasteiger partial charge in [-0.05, 0) is 26.2 Å². The van der Waals surface area contributed by atoms with E-state index in [0.29, 0.717) is 0 Å². The number of carbonyl (C=O) groups is 1. The fourth-order valence-corrected chi connectivity index (χ4v) is 1.89. The Balaban J connectivity index is 2.36. The molecule has 0 aromatic rings. The Labute approximate surface area is 97.9 Å². The fourth-order valence-electron chi connectivity index (χ4n) is 1.89. The maximum Gasteiger partial charge on any atom is 0.237 e. The predicted molar refractivity (Wildman–Crippen MR) is 64.1 cm³/mol. The monoisotopic (exact) mass is 228 g/mol. The van der Waals surface area contributed by atoms with E-state index in [0.717, 1.165) is 45.3 Å². The summed E-state index contributed by atoms with van der Waals surface area (Å²) in [5.74, 6) is -0.0159. The first-order valence-electron chi connectivity index (χ1n) is 6.23. The first kappa shape index (κ1) is 13.5. The molecule has 16 heavy (non-hydrogen) atoms. The topological polar surface area (TPSA) is 64.4 Å². The zero-order valence-electron chi connectivity index (χ0n) is 10.4. The highest BCUT2D eigenvalue weighted by atomic mass is 16.5. The minimum Gasteiger partial charge on any atom is -0.381 e. The minimum atomic E-state index is -0.361. The van der Waals surface area contributed by atoms with Gasteiger partial charge in [0, 0.05) is 18.8 Å². The van der Waals surface area contributed by atoms with Gasteiger partial charge in [-0.25, -0.2) is 0 Å². The molecule has 0 saturated carbocycles. The largest absolute Gasteiger partial charge is 0.381 e. The number of ether oxygens (including phenoxy) is 1. The van der Waals surface area contributed by atoms with Crippen molar-refractivity contribution in [3.63, 3.8) is 0 Å². The summed E-state index contributed by atoms with van der Waals surface area (Å²) >= 11 is 0. The SMILES string of the molecule is CCCC[C@H](N)C(=O)NC1(C)CCOCC1. The van der Waals surface area contributed by atoms with Crippen LogP contribution in [0.25, 0.3) is 0 Å². The van der Waals surface area contributed by atoms with Crippen LogP contribution in [0, 0.1) is 0 Å². The number of nitrogens with one attached hydrogen (secondary N) is 1. The second-order valence-electron chi connectivity index (χ2n) is 4.91. The summed E-state index contributed by atoms with van der Waals surface area (Å²) in [7, 11) is 0. The molecule has 1 aliphatic rings. The molecule has 0 radical (unpaired) electrons. The molecule has 94 valence electrons. The molecule has 0 bridgehead atoms. The average Bonchev–Trinajstić information content (AvgIpc) is 2.26. The molecule has 1 rings (SSSR count). The number of hydrogen-bond donors (Lipinski definition) is 2. The number of amides is 1. The van der Waals surface area contributed by atoms with E-state index in [1.165, 1.54) is 0 Å². The van der Waals surface area contributed by atoms with Crippen molar-refractivity contribution in [2.75, 3.05) is 13.2 Å². The van der Waals surface area contributed by atoms with E-state index in [2.05, 4.69) is 19.2 Å². The molecule has 0 aromatic carbocycles. The van der Waals surface area contributed by atoms with Crippen molar-refractivity contribution in [1.82, 2.24) is 5.32 Å². The molecule has 1 aliphatic heterocycles. The highest BCUT2D eigenvalue weighted by Crippen LogP contribution is 2.19. The van der Waals surface area contributed by atoms with E-state index >= 15 is 0 Å². The minimum absolute atomic E-state index is 0.0159. The van der Waals surface area contributed by atoms with Crippen LogP contribution in [0.4, 0.5) is 0 Å². The van der Waals surface area contributed by atoms with Gasteiger partial charge < -0.3 is 15.8 Å². The maximum atomic E-state index is 11.8. The van der Waals surface area contributed by atoms with Crippen molar-refractivity contribution in [2.45, 2.75) is 57.5 Å². The third-order valence-electron chi connectivity index (χ3n) is 3.23. The number of nitrogens with two attached hydrogens (primary N) is 1. The number of rotatable bonds is 5. The van der Waals surface area contributed by atoms with Crippen molar-refractivity contribution in [3.05, 3.63) is 0 Å². The van der Waals surface area contributed by atoms with Crippen molar-refractivity contribution >= 4 is 5.91 Å². The lowest BCUT2D eigenvalue weighted by molar-refractivity contribution is -0.125. The fraction of sp³-hybridized carbons (Fsp3) is 0.917. The van der Waals surface area contributed by atoms with Crippen LogP contribution in [-0.4, -0.2) is 30.7 Å². The second kappa shape index (κ2) is 6.21. The Morgan fingerprint density at radius 1 is 1.50 bits per heavy atom. The van der Waals surface area contributed by atoms with Crippen LogP contribution in [0.5, 0.6) is 0 Å². The van der Waals surface area contributed by atoms with E-state index in [1.54, 1.807) is 0 Å². The highest BCUT2D eigenvalue weighted by Gasteiger charge is 2.30. The van der Waals surface area contributed by atoms with Gasteiger partial charge in [0.15, 0.2) is 0 Å². The standard InChI is InChI=1S/C12H24N2O2/c1-3-4-5-10(13)11(15)14-12(2)6-8-16-9-7-12/h10H,3-9,13H2,1-2H3,(H,14,15)/t10-/m0/s1. The molecule has 0 aliphatic carbocycles. The van der Waals surface area contributed by atoms with Crippen molar-refractivity contribution < 1.29 is 9.53 Å². The van der Waals surface area contributed by atoms with E-state index in [9.17, 15) is 4.79 Å². The molecule has 3 N–H and O–H groups in total. The van der Waals surface area contributed by atoms with Crippen LogP contribution in [-0.2, 0) is 9.53 Å². The lowest BCUT2D eigenvalue weighted by atomic mass is 9.92. The smallest absolute Gasteiger partial charge is 0.237 e. The van der Waals surface area contributed by atoms with Gasteiger partial charge in [-0.2, -0.15) is 0 Å². The summed E-state index contributed by atoms with van der Waals surface area (Å²) in [5, 5.41) is 3.06. The van der Waals surface area contributed by atoms with E-state index in [-0.39, 0.29) is 17.5 Å². The molecule has 1 fully saturated rings. The zero-order valence-corrected chi connectivity index (χ0v) is 10.4. The molecular formula is C12H24N2O2. The molecule has 1 atom stereocenters. The van der Waals surface area contributed by atoms with Crippen LogP contribution in [0.1, 0.15) is 46.0 Å². The highest BCUT2D eigenvalue weighted by molar-refractivity contribution is 5.82. The number of carbonyl (C=O) groups excluding carboxylic acids is 1. The maximum absolute atomic E-state index is 11.8. The normalized spacial score (nSPS) is 21.4. The Morgan fingerprint density at radius 2 is 2.12 bits per heavy atom. The molecule has 1 heterocycles. The molecule has 0 aromatic heterocycles. The Hall–Kier alpha value is -0.610. The van der Waals surface area contributed by atoms with Crippen LogP contribution in [0.2, 0.25) is 0 Å². The Bertz CT molecular complexity index is 225. The number of hydrogen-bond acceptors (Lipinski definition) is 3. The third kappa shape index (κ3) is 4.10. The molecule has 0 unspecified atom stereocenters. The lowest BCUT2D eigenvalue weighted by Crippen LogP contribution is -2.54. The quantitative estimate of drug-likeness (QED) is 0.743. The van der Waals surface area contributed by atoms with Gasteiger partial charge in [0.2, 0.25) is 5.91 Å². The van der Waals surface area contributed by atoms with Gasteiger partial charge in [-0.3, -0.25) is 4.79 Å². The summed E-state index contributed by atoms with van der Waals surface area (Å²) in [6.45, 7) is 5.62. The summed E-state index contributed by atoms with van der Waals surface area (Å²) in [6, 6.07) is -0.361. The first-order chi connectivity index (χ1) is 7.57. The first-order valence-corrected chi connectivity index (χ1v) is 6.23. The third-order valence-corrected chi connectivity index (χ3v) is 3.23. The molecule has 0 spiro atoms. The zero-order chi connectivity index (χ0) is 12.0. The van der Waals surface area contributed by atoms with Crippen LogP contribution in [0.15, 0.2) is 0 Å². The van der Waals surface area contributed by atoms with E-state index in [1.807, 2.05) is 0 Å². The van der Waals surface area contributed by atoms with E-state index < -0.39 is 0 Å². The van der Waals surface area contributed by atoms with Crippen molar-refractivity contribution in [3.8, 4) is 0 Å². The van der Waals surface area contributed by atoms with E-state index in [4.69, 9.17) is 10.5 Å². The van der Waals surface area contributed by atoms with Crippen LogP contribution in [0.3, 0.4) is 0 Å². The summed E-state index contributed by atoms with van der Waals surface area (Å²) in [5.41, 5.74) is 5.71. The van der Waals surface area contributed by atoms with Gasteiger partial charge in [-0.15, -0.1) is 0 Å². The Morgan fingerprint density at radius 3 is 2.69 bits per heavy atom. The Kier molecular flexibility index (Phi) is 5.22. The van der Waals surface area contributed by atoms with Gasteiger partial charge in [0.25, 0.3) is 0 Å². The molecule has 4 heteroatoms. The van der Waals surface area contributed by atoms with Gasteiger partial charge in [0.05, 0.1) is 6.04 Å².